The van der Waals surface area contributed by atoms with Crippen molar-refractivity contribution in [3.05, 3.63) is 12.2 Å². The van der Waals surface area contributed by atoms with Gasteiger partial charge in [-0.25, -0.2) is 0 Å². The molecule has 0 radical (unpaired) electrons. The van der Waals surface area contributed by atoms with Crippen LogP contribution in [0.2, 0.25) is 0 Å². The highest BCUT2D eigenvalue weighted by molar-refractivity contribution is 5.77. The summed E-state index contributed by atoms with van der Waals surface area (Å²) in [5.41, 5.74) is -0.0868. The zero-order chi connectivity index (χ0) is 24.6. The predicted molar refractivity (Wildman–Crippen MR) is 121 cm³/mol. The number of rotatable bonds is 3. The maximum atomic E-state index is 13.7. The van der Waals surface area contributed by atoms with Crippen LogP contribution in [0, 0.1) is 34.0 Å². The Morgan fingerprint density at radius 1 is 1.03 bits per heavy atom. The van der Waals surface area contributed by atoms with Crippen molar-refractivity contribution in [2.75, 3.05) is 6.61 Å². The smallest absolute Gasteiger partial charge is 0.314 e. The Bertz CT molecular complexity index is 845. The van der Waals surface area contributed by atoms with Crippen LogP contribution in [-0.2, 0) is 14.3 Å². The fourth-order valence-corrected chi connectivity index (χ4v) is 9.01. The summed E-state index contributed by atoms with van der Waals surface area (Å²) >= 11 is 0. The van der Waals surface area contributed by atoms with Crippen LogP contribution in [0.1, 0.15) is 65.2 Å². The molecule has 0 amide bonds. The molecular weight excluding hydrogens is 440 g/mol. The Labute approximate surface area is 201 Å². The fourth-order valence-electron chi connectivity index (χ4n) is 9.01. The summed E-state index contributed by atoms with van der Waals surface area (Å²) in [5, 5.41) is 51.2. The zero-order valence-electron chi connectivity index (χ0n) is 20.2. The monoisotopic (exact) mass is 480 g/mol. The minimum absolute atomic E-state index is 0.0550. The zero-order valence-corrected chi connectivity index (χ0v) is 20.2. The highest BCUT2D eigenvalue weighted by atomic mass is 16.7. The van der Waals surface area contributed by atoms with Gasteiger partial charge in [0.15, 0.2) is 0 Å². The molecule has 2 bridgehead atoms. The lowest BCUT2D eigenvalue weighted by Gasteiger charge is -2.64. The standard InChI is InChI=1S/C26H40O8/c1-13-14-5-6-17-24(2)8-4-9-25(3,16(24)7-10-26(17,11-14)21(13)31)23(32)34-22-20(30)19(29)18(28)15(12-27)33-22/h14-22,27-31H,1,4-12H2,2-3H3/t14-,15-,16+,17+,18-,19+,20-,21-,22+,24-,25-,26-/m1/s1. The molecule has 1 aliphatic heterocycles. The molecule has 0 aromatic rings. The maximum Gasteiger partial charge on any atom is 0.314 e. The average molecular weight is 481 g/mol. The van der Waals surface area contributed by atoms with Crippen LogP contribution in [-0.4, -0.2) is 74.9 Å². The molecule has 0 aromatic heterocycles. The van der Waals surface area contributed by atoms with Gasteiger partial charge in [-0.3, -0.25) is 4.79 Å². The number of aliphatic hydroxyl groups excluding tert-OH is 5. The highest BCUT2D eigenvalue weighted by Crippen LogP contribution is 2.72. The van der Waals surface area contributed by atoms with Crippen LogP contribution in [0.25, 0.3) is 0 Å². The number of aliphatic hydroxyl groups is 5. The SMILES string of the molecule is C=C1[C@@H]2CC[C@H]3[C@]4(C)CCC[C@@](C)(C(=O)O[C@@H]5O[C@H](CO)[C@@H](O)[C@H](O)[C@H]5O)[C@H]4CC[C@]3(C2)[C@@H]1O. The molecule has 34 heavy (non-hydrogen) atoms. The number of carbonyl (C=O) groups is 1. The molecule has 12 atom stereocenters. The average Bonchev–Trinajstić information content (AvgIpc) is 2.98. The Balaban J connectivity index is 1.40. The molecule has 8 nitrogen and oxygen atoms in total. The highest BCUT2D eigenvalue weighted by Gasteiger charge is 2.68. The van der Waals surface area contributed by atoms with E-state index in [1.54, 1.807) is 0 Å². The lowest BCUT2D eigenvalue weighted by Crippen LogP contribution is -2.62. The summed E-state index contributed by atoms with van der Waals surface area (Å²) in [6.07, 6.45) is -0.507. The van der Waals surface area contributed by atoms with Gasteiger partial charge in [-0.2, -0.15) is 0 Å². The van der Waals surface area contributed by atoms with Gasteiger partial charge in [0.25, 0.3) is 0 Å². The summed E-state index contributed by atoms with van der Waals surface area (Å²) in [7, 11) is 0. The van der Waals surface area contributed by atoms with Crippen LogP contribution < -0.4 is 0 Å². The molecular formula is C26H40O8. The van der Waals surface area contributed by atoms with Crippen LogP contribution in [0.3, 0.4) is 0 Å². The van der Waals surface area contributed by atoms with Crippen molar-refractivity contribution in [3.63, 3.8) is 0 Å². The largest absolute Gasteiger partial charge is 0.432 e. The molecule has 8 heteroatoms. The molecule has 5 rings (SSSR count). The number of ether oxygens (including phenoxy) is 2. The van der Waals surface area contributed by atoms with Crippen LogP contribution in [0.4, 0.5) is 0 Å². The van der Waals surface area contributed by atoms with Crippen LogP contribution in [0.15, 0.2) is 12.2 Å². The Morgan fingerprint density at radius 2 is 1.76 bits per heavy atom. The third kappa shape index (κ3) is 3.22. The summed E-state index contributed by atoms with van der Waals surface area (Å²) in [5.74, 6) is 0.287. The lowest BCUT2D eigenvalue weighted by molar-refractivity contribution is -0.298. The van der Waals surface area contributed by atoms with E-state index in [2.05, 4.69) is 13.5 Å². The van der Waals surface area contributed by atoms with Crippen LogP contribution in [0.5, 0.6) is 0 Å². The first-order valence-corrected chi connectivity index (χ1v) is 12.9. The van der Waals surface area contributed by atoms with Gasteiger partial charge >= 0.3 is 5.97 Å². The van der Waals surface area contributed by atoms with E-state index in [1.165, 1.54) is 0 Å². The first-order chi connectivity index (χ1) is 16.0. The summed E-state index contributed by atoms with van der Waals surface area (Å²) in [6.45, 7) is 7.88. The van der Waals surface area contributed by atoms with Gasteiger partial charge in [-0.05, 0) is 80.6 Å². The van der Waals surface area contributed by atoms with E-state index in [4.69, 9.17) is 9.47 Å². The molecule has 5 fully saturated rings. The van der Waals surface area contributed by atoms with Gasteiger partial charge in [-0.15, -0.1) is 0 Å². The van der Waals surface area contributed by atoms with E-state index in [0.717, 1.165) is 50.5 Å². The molecule has 192 valence electrons. The summed E-state index contributed by atoms with van der Waals surface area (Å²) in [4.78, 5) is 13.7. The molecule has 5 N–H and O–H groups in total. The lowest BCUT2D eigenvalue weighted by atomic mass is 9.40. The molecule has 1 heterocycles. The number of fused-ring (bicyclic) bond motifs is 3. The molecule has 0 unspecified atom stereocenters. The van der Waals surface area contributed by atoms with Gasteiger partial charge in [0.1, 0.15) is 24.4 Å². The molecule has 1 saturated heterocycles. The van der Waals surface area contributed by atoms with Gasteiger partial charge < -0.3 is 35.0 Å². The van der Waals surface area contributed by atoms with Crippen molar-refractivity contribution in [3.8, 4) is 0 Å². The van der Waals surface area contributed by atoms with Gasteiger partial charge in [-0.1, -0.05) is 19.9 Å². The quantitative estimate of drug-likeness (QED) is 0.301. The minimum atomic E-state index is -1.61. The Kier molecular flexibility index (Phi) is 5.98. The van der Waals surface area contributed by atoms with Gasteiger partial charge in [0.05, 0.1) is 18.1 Å². The minimum Gasteiger partial charge on any atom is -0.432 e. The molecule has 4 aliphatic carbocycles. The van der Waals surface area contributed by atoms with E-state index >= 15 is 0 Å². The fraction of sp³-hybridized carbons (Fsp3) is 0.885. The summed E-state index contributed by atoms with van der Waals surface area (Å²) < 4.78 is 11.1. The van der Waals surface area contributed by atoms with E-state index < -0.39 is 54.8 Å². The van der Waals surface area contributed by atoms with Crippen molar-refractivity contribution >= 4 is 5.97 Å². The van der Waals surface area contributed by atoms with Crippen molar-refractivity contribution in [2.45, 2.75) is 102 Å². The third-order valence-corrected chi connectivity index (χ3v) is 10.8. The van der Waals surface area contributed by atoms with E-state index in [-0.39, 0.29) is 16.7 Å². The van der Waals surface area contributed by atoms with Crippen molar-refractivity contribution in [2.24, 2.45) is 34.0 Å². The predicted octanol–water partition coefficient (Wildman–Crippen LogP) is 1.27. The van der Waals surface area contributed by atoms with Crippen LogP contribution >= 0.6 is 0 Å². The van der Waals surface area contributed by atoms with Crippen molar-refractivity contribution in [1.82, 2.24) is 0 Å². The summed E-state index contributed by atoms with van der Waals surface area (Å²) in [6, 6.07) is 0. The van der Waals surface area contributed by atoms with E-state index in [9.17, 15) is 30.3 Å². The Morgan fingerprint density at radius 3 is 2.47 bits per heavy atom. The molecule has 4 saturated carbocycles. The normalized spacial score (nSPS) is 54.8. The topological polar surface area (TPSA) is 137 Å². The number of esters is 1. The first-order valence-electron chi connectivity index (χ1n) is 12.9. The molecule has 1 spiro atoms. The maximum absolute atomic E-state index is 13.7. The van der Waals surface area contributed by atoms with Gasteiger partial charge in [0.2, 0.25) is 6.29 Å². The van der Waals surface area contributed by atoms with Crippen molar-refractivity contribution < 1.29 is 39.8 Å². The Hall–Kier alpha value is -1.03. The number of carbonyl (C=O) groups excluding carboxylic acids is 1. The second kappa shape index (κ2) is 8.25. The van der Waals surface area contributed by atoms with Crippen molar-refractivity contribution in [1.29, 1.82) is 0 Å². The second-order valence-electron chi connectivity index (χ2n) is 12.2. The number of hydrogen-bond acceptors (Lipinski definition) is 8. The third-order valence-electron chi connectivity index (χ3n) is 10.8. The van der Waals surface area contributed by atoms with Gasteiger partial charge in [0, 0.05) is 5.41 Å². The molecule has 0 aromatic carbocycles. The van der Waals surface area contributed by atoms with E-state index in [0.29, 0.717) is 18.3 Å². The first kappa shape index (κ1) is 24.7. The number of hydrogen-bond donors (Lipinski definition) is 5. The second-order valence-corrected chi connectivity index (χ2v) is 12.2. The molecule has 5 aliphatic rings. The van der Waals surface area contributed by atoms with E-state index in [1.807, 2.05) is 6.92 Å².